The Labute approximate surface area is 107 Å². The summed E-state index contributed by atoms with van der Waals surface area (Å²) >= 11 is 2.80. The number of carbonyl (C=O) groups excluding carboxylic acids is 1. The number of hydrogen-bond donors (Lipinski definition) is 3. The SMILES string of the molecule is CSCCC(NC(=O)Nc1nccs1)C(=O)O. The summed E-state index contributed by atoms with van der Waals surface area (Å²) in [4.78, 5) is 26.2. The number of nitrogens with one attached hydrogen (secondary N) is 2. The maximum atomic E-state index is 11.5. The standard InChI is InChI=1S/C9H13N3O3S2/c1-16-4-2-6(7(13)14)11-8(15)12-9-10-3-5-17-9/h3,5-6H,2,4H2,1H3,(H,13,14)(H2,10,11,12,15). The molecule has 1 unspecified atom stereocenters. The molecule has 3 N–H and O–H groups in total. The van der Waals surface area contributed by atoms with Gasteiger partial charge in [-0.2, -0.15) is 11.8 Å². The fourth-order valence-corrected chi connectivity index (χ4v) is 2.07. The van der Waals surface area contributed by atoms with Crippen molar-refractivity contribution >= 4 is 40.2 Å². The van der Waals surface area contributed by atoms with E-state index in [2.05, 4.69) is 15.6 Å². The first-order chi connectivity index (χ1) is 8.13. The van der Waals surface area contributed by atoms with Gasteiger partial charge in [-0.1, -0.05) is 0 Å². The lowest BCUT2D eigenvalue weighted by molar-refractivity contribution is -0.139. The van der Waals surface area contributed by atoms with Crippen LogP contribution in [0.4, 0.5) is 9.93 Å². The number of hydrogen-bond acceptors (Lipinski definition) is 5. The Morgan fingerprint density at radius 2 is 2.41 bits per heavy atom. The molecule has 6 nitrogen and oxygen atoms in total. The molecule has 2 amide bonds. The average Bonchev–Trinajstić information content (AvgIpc) is 2.76. The number of aromatic nitrogens is 1. The zero-order valence-electron chi connectivity index (χ0n) is 9.17. The highest BCUT2D eigenvalue weighted by atomic mass is 32.2. The molecule has 0 bridgehead atoms. The second kappa shape index (κ2) is 7.13. The van der Waals surface area contributed by atoms with Gasteiger partial charge in [-0.05, 0) is 18.4 Å². The molecule has 1 atom stereocenters. The summed E-state index contributed by atoms with van der Waals surface area (Å²) in [6.45, 7) is 0. The van der Waals surface area contributed by atoms with Crippen LogP contribution in [0.3, 0.4) is 0 Å². The van der Waals surface area contributed by atoms with E-state index < -0.39 is 18.0 Å². The molecule has 1 aromatic heterocycles. The molecule has 8 heteroatoms. The van der Waals surface area contributed by atoms with Gasteiger partial charge in [0.25, 0.3) is 0 Å². The molecule has 0 fully saturated rings. The largest absolute Gasteiger partial charge is 0.480 e. The highest BCUT2D eigenvalue weighted by Gasteiger charge is 2.19. The van der Waals surface area contributed by atoms with Crippen molar-refractivity contribution in [2.45, 2.75) is 12.5 Å². The minimum Gasteiger partial charge on any atom is -0.480 e. The zero-order chi connectivity index (χ0) is 12.7. The minimum atomic E-state index is -1.03. The van der Waals surface area contributed by atoms with Crippen molar-refractivity contribution in [2.24, 2.45) is 0 Å². The second-order valence-electron chi connectivity index (χ2n) is 3.11. The van der Waals surface area contributed by atoms with Gasteiger partial charge in [-0.3, -0.25) is 5.32 Å². The van der Waals surface area contributed by atoms with Crippen molar-refractivity contribution in [1.82, 2.24) is 10.3 Å². The van der Waals surface area contributed by atoms with Gasteiger partial charge in [0, 0.05) is 11.6 Å². The Balaban J connectivity index is 2.43. The molecule has 0 radical (unpaired) electrons. The predicted octanol–water partition coefficient (Wildman–Crippen LogP) is 1.47. The van der Waals surface area contributed by atoms with Crippen molar-refractivity contribution in [3.05, 3.63) is 11.6 Å². The van der Waals surface area contributed by atoms with Crippen molar-refractivity contribution in [3.8, 4) is 0 Å². The van der Waals surface area contributed by atoms with Gasteiger partial charge in [0.1, 0.15) is 6.04 Å². The van der Waals surface area contributed by atoms with Gasteiger partial charge >= 0.3 is 12.0 Å². The van der Waals surface area contributed by atoms with Gasteiger partial charge < -0.3 is 10.4 Å². The number of carbonyl (C=O) groups is 2. The average molecular weight is 275 g/mol. The molecular weight excluding hydrogens is 262 g/mol. The second-order valence-corrected chi connectivity index (χ2v) is 4.99. The lowest BCUT2D eigenvalue weighted by atomic mass is 10.2. The third-order valence-electron chi connectivity index (χ3n) is 1.87. The molecule has 17 heavy (non-hydrogen) atoms. The lowest BCUT2D eigenvalue weighted by Gasteiger charge is -2.13. The van der Waals surface area contributed by atoms with Crippen LogP contribution in [0.2, 0.25) is 0 Å². The van der Waals surface area contributed by atoms with Crippen LogP contribution >= 0.6 is 23.1 Å². The van der Waals surface area contributed by atoms with E-state index in [1.165, 1.54) is 23.1 Å². The number of anilines is 1. The van der Waals surface area contributed by atoms with Crippen LogP contribution in [-0.2, 0) is 4.79 Å². The molecule has 0 aliphatic rings. The summed E-state index contributed by atoms with van der Waals surface area (Å²) in [6.07, 6.45) is 3.83. The number of carboxylic acid groups (broad SMARTS) is 1. The maximum Gasteiger partial charge on any atom is 0.326 e. The van der Waals surface area contributed by atoms with E-state index in [9.17, 15) is 9.59 Å². The molecule has 0 aromatic carbocycles. The molecule has 0 saturated heterocycles. The van der Waals surface area contributed by atoms with E-state index in [4.69, 9.17) is 5.11 Å². The summed E-state index contributed by atoms with van der Waals surface area (Å²) in [6, 6.07) is -1.42. The topological polar surface area (TPSA) is 91.3 Å². The van der Waals surface area contributed by atoms with E-state index in [0.717, 1.165) is 0 Å². The van der Waals surface area contributed by atoms with Crippen LogP contribution in [0.25, 0.3) is 0 Å². The number of urea groups is 1. The summed E-state index contributed by atoms with van der Waals surface area (Å²) in [5, 5.41) is 15.9. The highest BCUT2D eigenvalue weighted by Crippen LogP contribution is 2.10. The number of nitrogens with zero attached hydrogens (tertiary/aromatic N) is 1. The first-order valence-corrected chi connectivity index (χ1v) is 7.09. The van der Waals surface area contributed by atoms with E-state index in [1.807, 2.05) is 6.26 Å². The maximum absolute atomic E-state index is 11.5. The molecule has 1 rings (SSSR count). The zero-order valence-corrected chi connectivity index (χ0v) is 10.8. The van der Waals surface area contributed by atoms with Gasteiger partial charge in [0.05, 0.1) is 0 Å². The number of thiazole rings is 1. The summed E-state index contributed by atoms with van der Waals surface area (Å²) in [5.41, 5.74) is 0. The predicted molar refractivity (Wildman–Crippen MR) is 68.7 cm³/mol. The molecule has 0 aliphatic heterocycles. The van der Waals surface area contributed by atoms with Crippen LogP contribution in [0.5, 0.6) is 0 Å². The molecule has 0 aliphatic carbocycles. The van der Waals surface area contributed by atoms with E-state index in [0.29, 0.717) is 17.3 Å². The van der Waals surface area contributed by atoms with Gasteiger partial charge in [0.15, 0.2) is 5.13 Å². The Morgan fingerprint density at radius 3 is 2.94 bits per heavy atom. The third kappa shape index (κ3) is 5.05. The first-order valence-electron chi connectivity index (χ1n) is 4.82. The number of thioether (sulfide) groups is 1. The van der Waals surface area contributed by atoms with Crippen LogP contribution in [-0.4, -0.2) is 40.1 Å². The van der Waals surface area contributed by atoms with Crippen LogP contribution in [0.1, 0.15) is 6.42 Å². The number of rotatable bonds is 6. The van der Waals surface area contributed by atoms with E-state index in [-0.39, 0.29) is 0 Å². The van der Waals surface area contributed by atoms with Crippen molar-refractivity contribution in [3.63, 3.8) is 0 Å². The number of carboxylic acids is 1. The number of aliphatic carboxylic acids is 1. The summed E-state index contributed by atoms with van der Waals surface area (Å²) in [5.74, 6) is -0.359. The van der Waals surface area contributed by atoms with Crippen LogP contribution in [0.15, 0.2) is 11.6 Å². The van der Waals surface area contributed by atoms with Crippen molar-refractivity contribution in [1.29, 1.82) is 0 Å². The third-order valence-corrected chi connectivity index (χ3v) is 3.20. The fraction of sp³-hybridized carbons (Fsp3) is 0.444. The van der Waals surface area contributed by atoms with Crippen molar-refractivity contribution < 1.29 is 14.7 Å². The van der Waals surface area contributed by atoms with E-state index >= 15 is 0 Å². The quantitative estimate of drug-likeness (QED) is 0.731. The highest BCUT2D eigenvalue weighted by molar-refractivity contribution is 7.98. The fourth-order valence-electron chi connectivity index (χ4n) is 1.07. The van der Waals surface area contributed by atoms with E-state index in [1.54, 1.807) is 11.6 Å². The van der Waals surface area contributed by atoms with Gasteiger partial charge in [0.2, 0.25) is 0 Å². The first kappa shape index (κ1) is 13.8. The van der Waals surface area contributed by atoms with Gasteiger partial charge in [-0.15, -0.1) is 11.3 Å². The van der Waals surface area contributed by atoms with Crippen LogP contribution < -0.4 is 10.6 Å². The Hall–Kier alpha value is -1.28. The van der Waals surface area contributed by atoms with Crippen LogP contribution in [0, 0.1) is 0 Å². The molecule has 1 heterocycles. The number of amides is 2. The van der Waals surface area contributed by atoms with Gasteiger partial charge in [-0.25, -0.2) is 14.6 Å². The smallest absolute Gasteiger partial charge is 0.326 e. The Bertz CT molecular complexity index is 370. The monoisotopic (exact) mass is 275 g/mol. The molecule has 0 spiro atoms. The normalized spacial score (nSPS) is 11.8. The molecule has 0 saturated carbocycles. The lowest BCUT2D eigenvalue weighted by Crippen LogP contribution is -2.43. The Morgan fingerprint density at radius 1 is 1.65 bits per heavy atom. The Kier molecular flexibility index (Phi) is 5.78. The summed E-state index contributed by atoms with van der Waals surface area (Å²) < 4.78 is 0. The summed E-state index contributed by atoms with van der Waals surface area (Å²) in [7, 11) is 0. The minimum absolute atomic E-state index is 0.391. The molecule has 94 valence electrons. The molecular formula is C9H13N3O3S2. The molecule has 1 aromatic rings. The van der Waals surface area contributed by atoms with Crippen molar-refractivity contribution in [2.75, 3.05) is 17.3 Å².